The van der Waals surface area contributed by atoms with E-state index in [1.54, 1.807) is 18.3 Å². The van der Waals surface area contributed by atoms with Crippen LogP contribution in [0.2, 0.25) is 5.02 Å². The molecule has 0 saturated carbocycles. The van der Waals surface area contributed by atoms with E-state index in [9.17, 15) is 4.79 Å². The average Bonchev–Trinajstić information content (AvgIpc) is 2.67. The van der Waals surface area contributed by atoms with E-state index in [1.165, 1.54) is 11.8 Å². The van der Waals surface area contributed by atoms with Gasteiger partial charge in [-0.25, -0.2) is 4.98 Å². The molecule has 0 spiro atoms. The molecule has 3 aromatic rings. The van der Waals surface area contributed by atoms with Crippen molar-refractivity contribution in [2.45, 2.75) is 11.1 Å². The van der Waals surface area contributed by atoms with Crippen LogP contribution in [-0.4, -0.2) is 17.1 Å². The first-order chi connectivity index (χ1) is 12.2. The van der Waals surface area contributed by atoms with E-state index in [0.29, 0.717) is 15.6 Å². The molecule has 2 aromatic carbocycles. The molecule has 5 heteroatoms. The molecule has 126 valence electrons. The van der Waals surface area contributed by atoms with Crippen LogP contribution in [0, 0.1) is 0 Å². The number of carbonyl (C=O) groups is 1. The summed E-state index contributed by atoms with van der Waals surface area (Å²) in [5.74, 6) is -0.152. The van der Waals surface area contributed by atoms with Crippen LogP contribution in [0.25, 0.3) is 0 Å². The number of rotatable bonds is 5. The van der Waals surface area contributed by atoms with Gasteiger partial charge in [0.05, 0.1) is 11.6 Å². The lowest BCUT2D eigenvalue weighted by Gasteiger charge is -2.20. The van der Waals surface area contributed by atoms with Crippen molar-refractivity contribution < 1.29 is 4.79 Å². The minimum absolute atomic E-state index is 0.152. The molecule has 0 aliphatic heterocycles. The van der Waals surface area contributed by atoms with Gasteiger partial charge in [0, 0.05) is 11.2 Å². The van der Waals surface area contributed by atoms with Gasteiger partial charge in [0.15, 0.2) is 0 Å². The maximum atomic E-state index is 12.9. The fourth-order valence-electron chi connectivity index (χ4n) is 2.59. The molecule has 0 aliphatic rings. The highest BCUT2D eigenvalue weighted by molar-refractivity contribution is 7.98. The van der Waals surface area contributed by atoms with Gasteiger partial charge in [0.1, 0.15) is 5.03 Å². The summed E-state index contributed by atoms with van der Waals surface area (Å²) >= 11 is 7.46. The molecule has 3 nitrogen and oxygen atoms in total. The Labute approximate surface area is 156 Å². The first-order valence-corrected chi connectivity index (χ1v) is 9.39. The molecule has 1 unspecified atom stereocenters. The number of nitrogens with one attached hydrogen (secondary N) is 1. The third kappa shape index (κ3) is 4.21. The Balaban J connectivity index is 1.95. The van der Waals surface area contributed by atoms with E-state index in [1.807, 2.05) is 60.9 Å². The summed E-state index contributed by atoms with van der Waals surface area (Å²) in [6.07, 6.45) is 3.60. The topological polar surface area (TPSA) is 42.0 Å². The number of carbonyl (C=O) groups excluding carboxylic acids is 1. The first-order valence-electron chi connectivity index (χ1n) is 7.79. The van der Waals surface area contributed by atoms with Crippen molar-refractivity contribution in [3.05, 3.63) is 94.6 Å². The van der Waals surface area contributed by atoms with Gasteiger partial charge < -0.3 is 5.32 Å². The van der Waals surface area contributed by atoms with Crippen LogP contribution in [-0.2, 0) is 0 Å². The van der Waals surface area contributed by atoms with Gasteiger partial charge in [0.2, 0.25) is 0 Å². The highest BCUT2D eigenvalue weighted by Crippen LogP contribution is 2.25. The SMILES string of the molecule is CSc1ncccc1C(=O)NC(c1ccccc1)c1ccc(Cl)cc1. The number of aromatic nitrogens is 1. The molecule has 0 radical (unpaired) electrons. The summed E-state index contributed by atoms with van der Waals surface area (Å²) in [7, 11) is 0. The van der Waals surface area contributed by atoms with Crippen molar-refractivity contribution in [2.24, 2.45) is 0 Å². The molecule has 0 bridgehead atoms. The monoisotopic (exact) mass is 368 g/mol. The standard InChI is InChI=1S/C20H17ClN2OS/c1-25-20-17(8-5-13-22-20)19(24)23-18(14-6-3-2-4-7-14)15-9-11-16(21)12-10-15/h2-13,18H,1H3,(H,23,24). The van der Waals surface area contributed by atoms with Crippen molar-refractivity contribution in [2.75, 3.05) is 6.26 Å². The second kappa shape index (κ2) is 8.19. The Hall–Kier alpha value is -2.30. The van der Waals surface area contributed by atoms with Gasteiger partial charge in [0.25, 0.3) is 5.91 Å². The quantitative estimate of drug-likeness (QED) is 0.646. The van der Waals surface area contributed by atoms with Gasteiger partial charge in [-0.05, 0) is 41.6 Å². The summed E-state index contributed by atoms with van der Waals surface area (Å²) in [6.45, 7) is 0. The van der Waals surface area contributed by atoms with Crippen molar-refractivity contribution in [1.29, 1.82) is 0 Å². The fourth-order valence-corrected chi connectivity index (χ4v) is 3.27. The second-order valence-electron chi connectivity index (χ2n) is 5.43. The number of pyridine rings is 1. The van der Waals surface area contributed by atoms with E-state index in [4.69, 9.17) is 11.6 Å². The van der Waals surface area contributed by atoms with Crippen molar-refractivity contribution in [3.63, 3.8) is 0 Å². The maximum Gasteiger partial charge on any atom is 0.254 e. The number of nitrogens with zero attached hydrogens (tertiary/aromatic N) is 1. The predicted octanol–water partition coefficient (Wildman–Crippen LogP) is 4.98. The maximum absolute atomic E-state index is 12.9. The van der Waals surface area contributed by atoms with Crippen LogP contribution in [0.15, 0.2) is 78.0 Å². The summed E-state index contributed by atoms with van der Waals surface area (Å²) in [4.78, 5) is 17.1. The van der Waals surface area contributed by atoms with Crippen molar-refractivity contribution in [1.82, 2.24) is 10.3 Å². The highest BCUT2D eigenvalue weighted by atomic mass is 35.5. The summed E-state index contributed by atoms with van der Waals surface area (Å²) in [6, 6.07) is 20.7. The Morgan fingerprint density at radius 1 is 1.00 bits per heavy atom. The second-order valence-corrected chi connectivity index (χ2v) is 6.66. The molecule has 25 heavy (non-hydrogen) atoms. The smallest absolute Gasteiger partial charge is 0.254 e. The van der Waals surface area contributed by atoms with Gasteiger partial charge in [-0.15, -0.1) is 11.8 Å². The summed E-state index contributed by atoms with van der Waals surface area (Å²) in [5.41, 5.74) is 2.55. The zero-order valence-corrected chi connectivity index (χ0v) is 15.2. The molecule has 3 rings (SSSR count). The van der Waals surface area contributed by atoms with E-state index in [-0.39, 0.29) is 11.9 Å². The number of hydrogen-bond acceptors (Lipinski definition) is 3. The number of amides is 1. The lowest BCUT2D eigenvalue weighted by atomic mass is 9.98. The normalized spacial score (nSPS) is 11.8. The predicted molar refractivity (Wildman–Crippen MR) is 103 cm³/mol. The zero-order valence-electron chi connectivity index (χ0n) is 13.6. The van der Waals surface area contributed by atoms with E-state index in [0.717, 1.165) is 11.1 Å². The van der Waals surface area contributed by atoms with Crippen LogP contribution in [0.4, 0.5) is 0 Å². The van der Waals surface area contributed by atoms with Gasteiger partial charge in [-0.3, -0.25) is 4.79 Å². The molecular formula is C20H17ClN2OS. The van der Waals surface area contributed by atoms with Crippen molar-refractivity contribution in [3.8, 4) is 0 Å². The molecule has 0 aliphatic carbocycles. The largest absolute Gasteiger partial charge is 0.341 e. The third-order valence-electron chi connectivity index (χ3n) is 3.82. The third-order valence-corrected chi connectivity index (χ3v) is 4.78. The minimum atomic E-state index is -0.263. The van der Waals surface area contributed by atoms with Crippen LogP contribution in [0.3, 0.4) is 0 Å². The molecule has 1 N–H and O–H groups in total. The van der Waals surface area contributed by atoms with Gasteiger partial charge in [-0.1, -0.05) is 54.1 Å². The first kappa shape index (κ1) is 17.5. The lowest BCUT2D eigenvalue weighted by Crippen LogP contribution is -2.29. The molecule has 1 amide bonds. The highest BCUT2D eigenvalue weighted by Gasteiger charge is 2.19. The summed E-state index contributed by atoms with van der Waals surface area (Å²) in [5, 5.41) is 4.50. The molecular weight excluding hydrogens is 352 g/mol. The molecule has 0 saturated heterocycles. The van der Waals surface area contributed by atoms with E-state index >= 15 is 0 Å². The minimum Gasteiger partial charge on any atom is -0.341 e. The average molecular weight is 369 g/mol. The van der Waals surface area contributed by atoms with E-state index in [2.05, 4.69) is 10.3 Å². The summed E-state index contributed by atoms with van der Waals surface area (Å²) < 4.78 is 0. The molecule has 1 atom stereocenters. The van der Waals surface area contributed by atoms with Crippen LogP contribution in [0.1, 0.15) is 27.5 Å². The Bertz CT molecular complexity index is 853. The van der Waals surface area contributed by atoms with Crippen LogP contribution >= 0.6 is 23.4 Å². The lowest BCUT2D eigenvalue weighted by molar-refractivity contribution is 0.0939. The molecule has 0 fully saturated rings. The number of benzene rings is 2. The molecule has 1 heterocycles. The molecule has 1 aromatic heterocycles. The number of halogens is 1. The zero-order chi connectivity index (χ0) is 17.6. The Morgan fingerprint density at radius 3 is 2.36 bits per heavy atom. The Kier molecular flexibility index (Phi) is 5.74. The fraction of sp³-hybridized carbons (Fsp3) is 0.100. The van der Waals surface area contributed by atoms with Gasteiger partial charge in [-0.2, -0.15) is 0 Å². The van der Waals surface area contributed by atoms with E-state index < -0.39 is 0 Å². The van der Waals surface area contributed by atoms with Gasteiger partial charge >= 0.3 is 0 Å². The van der Waals surface area contributed by atoms with Crippen LogP contribution in [0.5, 0.6) is 0 Å². The van der Waals surface area contributed by atoms with Crippen molar-refractivity contribution >= 4 is 29.3 Å². The number of thioether (sulfide) groups is 1. The van der Waals surface area contributed by atoms with Crippen LogP contribution < -0.4 is 5.32 Å². The Morgan fingerprint density at radius 2 is 1.68 bits per heavy atom. The number of hydrogen-bond donors (Lipinski definition) is 1.